The number of carbonyl (C=O) groups excluding carboxylic acids is 1. The highest BCUT2D eigenvalue weighted by Crippen LogP contribution is 2.26. The second kappa shape index (κ2) is 7.84. The van der Waals surface area contributed by atoms with Crippen LogP contribution in [0, 0.1) is 12.7 Å². The molecule has 3 rings (SSSR count). The minimum atomic E-state index is -0.494. The Kier molecular flexibility index (Phi) is 5.53. The molecule has 134 valence electrons. The summed E-state index contributed by atoms with van der Waals surface area (Å²) in [6, 6.07) is 11.5. The van der Waals surface area contributed by atoms with Gasteiger partial charge < -0.3 is 5.32 Å². The van der Waals surface area contributed by atoms with Gasteiger partial charge >= 0.3 is 0 Å². The molecule has 0 spiro atoms. The number of aryl methyl sites for hydroxylation is 1. The van der Waals surface area contributed by atoms with E-state index in [4.69, 9.17) is 11.6 Å². The summed E-state index contributed by atoms with van der Waals surface area (Å²) in [7, 11) is 0. The highest BCUT2D eigenvalue weighted by Gasteiger charge is 2.20. The number of aromatic nitrogens is 4. The van der Waals surface area contributed by atoms with Crippen LogP contribution in [0.5, 0.6) is 0 Å². The molecule has 1 N–H and O–H groups in total. The normalized spacial score (nSPS) is 12.0. The molecule has 2 aromatic carbocycles. The molecule has 1 aromatic heterocycles. The van der Waals surface area contributed by atoms with E-state index in [1.54, 1.807) is 11.6 Å². The number of anilines is 1. The Labute approximate surface area is 158 Å². The highest BCUT2D eigenvalue weighted by atomic mass is 35.5. The average Bonchev–Trinajstić information content (AvgIpc) is 3.06. The molecule has 0 fully saturated rings. The van der Waals surface area contributed by atoms with Crippen LogP contribution in [0.25, 0.3) is 5.69 Å². The van der Waals surface area contributed by atoms with Crippen LogP contribution in [0.4, 0.5) is 10.1 Å². The fourth-order valence-electron chi connectivity index (χ4n) is 2.14. The van der Waals surface area contributed by atoms with Crippen LogP contribution in [0.2, 0.25) is 5.02 Å². The first-order valence-corrected chi connectivity index (χ1v) is 8.98. The molecule has 3 aromatic rings. The summed E-state index contributed by atoms with van der Waals surface area (Å²) >= 11 is 7.15. The smallest absolute Gasteiger partial charge is 0.237 e. The average molecular weight is 392 g/mol. The number of carbonyl (C=O) groups is 1. The van der Waals surface area contributed by atoms with E-state index in [1.165, 1.54) is 23.9 Å². The second-order valence-electron chi connectivity index (χ2n) is 5.58. The van der Waals surface area contributed by atoms with Gasteiger partial charge in [0.15, 0.2) is 0 Å². The zero-order chi connectivity index (χ0) is 18.7. The Morgan fingerprint density at radius 3 is 2.69 bits per heavy atom. The number of thioether (sulfide) groups is 1. The summed E-state index contributed by atoms with van der Waals surface area (Å²) in [5.74, 6) is -0.755. The van der Waals surface area contributed by atoms with Crippen LogP contribution in [-0.2, 0) is 4.79 Å². The van der Waals surface area contributed by atoms with Crippen LogP contribution in [0.15, 0.2) is 47.6 Å². The van der Waals surface area contributed by atoms with Crippen molar-refractivity contribution in [2.75, 3.05) is 5.32 Å². The third kappa shape index (κ3) is 4.20. The van der Waals surface area contributed by atoms with Crippen molar-refractivity contribution in [3.8, 4) is 5.69 Å². The number of amides is 1. The monoisotopic (exact) mass is 391 g/mol. The molecular weight excluding hydrogens is 377 g/mol. The van der Waals surface area contributed by atoms with Gasteiger partial charge in [-0.2, -0.15) is 4.68 Å². The summed E-state index contributed by atoms with van der Waals surface area (Å²) in [5.41, 5.74) is 2.28. The Morgan fingerprint density at radius 1 is 1.27 bits per heavy atom. The standard InChI is InChI=1S/C17H15ClFN5OS/c1-10-3-6-13(7-4-10)24-17(21-22-23-24)26-11(2)16(25)20-15-8-5-12(19)9-14(15)18/h3-9,11H,1-2H3,(H,20,25). The van der Waals surface area contributed by atoms with Crippen molar-refractivity contribution in [2.24, 2.45) is 0 Å². The Bertz CT molecular complexity index is 931. The van der Waals surface area contributed by atoms with Crippen molar-refractivity contribution in [3.05, 3.63) is 58.9 Å². The van der Waals surface area contributed by atoms with Crippen LogP contribution < -0.4 is 5.32 Å². The molecule has 1 unspecified atom stereocenters. The van der Waals surface area contributed by atoms with Crippen molar-refractivity contribution in [1.29, 1.82) is 0 Å². The molecule has 0 radical (unpaired) electrons. The zero-order valence-corrected chi connectivity index (χ0v) is 15.6. The largest absolute Gasteiger partial charge is 0.324 e. The number of halogens is 2. The minimum Gasteiger partial charge on any atom is -0.324 e. The van der Waals surface area contributed by atoms with Gasteiger partial charge in [0.25, 0.3) is 0 Å². The van der Waals surface area contributed by atoms with Crippen molar-refractivity contribution >= 4 is 35.0 Å². The molecule has 0 aliphatic carbocycles. The molecule has 0 saturated heterocycles. The van der Waals surface area contributed by atoms with Crippen molar-refractivity contribution < 1.29 is 9.18 Å². The van der Waals surface area contributed by atoms with Crippen molar-refractivity contribution in [2.45, 2.75) is 24.3 Å². The van der Waals surface area contributed by atoms with Gasteiger partial charge in [-0.25, -0.2) is 4.39 Å². The lowest BCUT2D eigenvalue weighted by molar-refractivity contribution is -0.115. The molecular formula is C17H15ClFN5OS. The van der Waals surface area contributed by atoms with Gasteiger partial charge in [0.1, 0.15) is 5.82 Å². The number of rotatable bonds is 5. The van der Waals surface area contributed by atoms with E-state index in [2.05, 4.69) is 20.8 Å². The first-order valence-electron chi connectivity index (χ1n) is 7.72. The van der Waals surface area contributed by atoms with Gasteiger partial charge in [-0.15, -0.1) is 5.10 Å². The van der Waals surface area contributed by atoms with E-state index in [9.17, 15) is 9.18 Å². The van der Waals surface area contributed by atoms with Crippen LogP contribution in [-0.4, -0.2) is 31.4 Å². The van der Waals surface area contributed by atoms with Gasteiger partial charge in [0, 0.05) is 0 Å². The molecule has 6 nitrogen and oxygen atoms in total. The fraction of sp³-hybridized carbons (Fsp3) is 0.176. The van der Waals surface area contributed by atoms with Crippen molar-refractivity contribution in [1.82, 2.24) is 20.2 Å². The maximum atomic E-state index is 13.1. The summed E-state index contributed by atoms with van der Waals surface area (Å²) in [6.07, 6.45) is 0. The lowest BCUT2D eigenvalue weighted by Gasteiger charge is -2.12. The molecule has 1 amide bonds. The summed E-state index contributed by atoms with van der Waals surface area (Å²) < 4.78 is 14.7. The van der Waals surface area contributed by atoms with Crippen molar-refractivity contribution in [3.63, 3.8) is 0 Å². The molecule has 26 heavy (non-hydrogen) atoms. The predicted molar refractivity (Wildman–Crippen MR) is 99.2 cm³/mol. The lowest BCUT2D eigenvalue weighted by Crippen LogP contribution is -2.23. The summed E-state index contributed by atoms with van der Waals surface area (Å²) in [5, 5.41) is 14.5. The number of nitrogens with zero attached hydrogens (tertiary/aromatic N) is 4. The van der Waals surface area contributed by atoms with E-state index < -0.39 is 11.1 Å². The maximum Gasteiger partial charge on any atom is 0.237 e. The molecule has 9 heteroatoms. The molecule has 0 bridgehead atoms. The first kappa shape index (κ1) is 18.3. The summed E-state index contributed by atoms with van der Waals surface area (Å²) in [6.45, 7) is 3.72. The number of nitrogens with one attached hydrogen (secondary N) is 1. The van der Waals surface area contributed by atoms with Gasteiger partial charge in [-0.05, 0) is 54.6 Å². The second-order valence-corrected chi connectivity index (χ2v) is 7.30. The number of hydrogen-bond acceptors (Lipinski definition) is 5. The van der Waals surface area contributed by atoms with E-state index in [-0.39, 0.29) is 10.9 Å². The highest BCUT2D eigenvalue weighted by molar-refractivity contribution is 8.00. The van der Waals surface area contributed by atoms with E-state index in [1.807, 2.05) is 31.2 Å². The molecule has 1 heterocycles. The molecule has 0 aliphatic heterocycles. The van der Waals surface area contributed by atoms with Gasteiger partial charge in [0.2, 0.25) is 11.1 Å². The Balaban J connectivity index is 1.72. The fourth-order valence-corrected chi connectivity index (χ4v) is 3.16. The Hall–Kier alpha value is -2.45. The minimum absolute atomic E-state index is 0.139. The summed E-state index contributed by atoms with van der Waals surface area (Å²) in [4.78, 5) is 12.4. The molecule has 0 aliphatic rings. The topological polar surface area (TPSA) is 72.7 Å². The van der Waals surface area contributed by atoms with Crippen LogP contribution in [0.3, 0.4) is 0 Å². The number of hydrogen-bond donors (Lipinski definition) is 1. The molecule has 1 atom stereocenters. The lowest BCUT2D eigenvalue weighted by atomic mass is 10.2. The number of tetrazole rings is 1. The SMILES string of the molecule is Cc1ccc(-n2nnnc2SC(C)C(=O)Nc2ccc(F)cc2Cl)cc1. The van der Waals surface area contributed by atoms with Crippen LogP contribution >= 0.6 is 23.4 Å². The van der Waals surface area contributed by atoms with E-state index in [0.717, 1.165) is 17.3 Å². The van der Waals surface area contributed by atoms with Gasteiger partial charge in [-0.3, -0.25) is 4.79 Å². The third-order valence-corrected chi connectivity index (χ3v) is 4.91. The van der Waals surface area contributed by atoms with Crippen LogP contribution in [0.1, 0.15) is 12.5 Å². The van der Waals surface area contributed by atoms with E-state index >= 15 is 0 Å². The van der Waals surface area contributed by atoms with E-state index in [0.29, 0.717) is 10.8 Å². The Morgan fingerprint density at radius 2 is 2.00 bits per heavy atom. The third-order valence-electron chi connectivity index (χ3n) is 3.56. The molecule has 0 saturated carbocycles. The first-order chi connectivity index (χ1) is 12.4. The van der Waals surface area contributed by atoms with Gasteiger partial charge in [0.05, 0.1) is 21.6 Å². The quantitative estimate of drug-likeness (QED) is 0.668. The number of benzene rings is 2. The maximum absolute atomic E-state index is 13.1. The van der Waals surface area contributed by atoms with Gasteiger partial charge in [-0.1, -0.05) is 41.1 Å². The zero-order valence-electron chi connectivity index (χ0n) is 14.0. The predicted octanol–water partition coefficient (Wildman–Crippen LogP) is 3.88.